The largest absolute Gasteiger partial charge is 0.492 e. The molecule has 1 N–H and O–H groups in total. The number of para-hydroxylation sites is 2. The number of carbonyl (C=O) groups is 1. The van der Waals surface area contributed by atoms with Crippen molar-refractivity contribution in [2.45, 2.75) is 13.3 Å². The topological polar surface area (TPSA) is 70.6 Å². The van der Waals surface area contributed by atoms with E-state index in [-0.39, 0.29) is 6.03 Å². The fourth-order valence-corrected chi connectivity index (χ4v) is 4.21. The Balaban J connectivity index is 1.41. The summed E-state index contributed by atoms with van der Waals surface area (Å²) in [5, 5.41) is 3.96. The zero-order valence-corrected chi connectivity index (χ0v) is 16.6. The minimum Gasteiger partial charge on any atom is -0.492 e. The summed E-state index contributed by atoms with van der Waals surface area (Å²) in [5.74, 6) is 0.691. The molecule has 1 aliphatic rings. The van der Waals surface area contributed by atoms with Gasteiger partial charge in [-0.1, -0.05) is 23.5 Å². The van der Waals surface area contributed by atoms with Crippen molar-refractivity contribution in [1.82, 2.24) is 14.9 Å². The number of nitrogens with one attached hydrogen (secondary N) is 1. The number of urea groups is 1. The third kappa shape index (κ3) is 4.01. The molecule has 3 aromatic rings. The van der Waals surface area contributed by atoms with Gasteiger partial charge in [0.1, 0.15) is 16.1 Å². The SMILES string of the molecule is CCOc1ccccc1NC(=O)N1CCCN(c2nc3cccnc3s2)CC1. The molecule has 8 heteroatoms. The number of fused-ring (bicyclic) bond motifs is 1. The van der Waals surface area contributed by atoms with Gasteiger partial charge in [-0.05, 0) is 37.6 Å². The monoisotopic (exact) mass is 397 g/mol. The van der Waals surface area contributed by atoms with Crippen LogP contribution >= 0.6 is 11.3 Å². The highest BCUT2D eigenvalue weighted by atomic mass is 32.1. The molecule has 0 atom stereocenters. The van der Waals surface area contributed by atoms with Crippen LogP contribution in [0.25, 0.3) is 10.3 Å². The maximum absolute atomic E-state index is 12.8. The summed E-state index contributed by atoms with van der Waals surface area (Å²) in [4.78, 5) is 26.9. The molecule has 1 saturated heterocycles. The molecule has 0 unspecified atom stereocenters. The van der Waals surface area contributed by atoms with E-state index < -0.39 is 0 Å². The molecular formula is C20H23N5O2S. The molecule has 28 heavy (non-hydrogen) atoms. The zero-order chi connectivity index (χ0) is 19.3. The minimum atomic E-state index is -0.0973. The Kier molecular flexibility index (Phi) is 5.57. The third-order valence-electron chi connectivity index (χ3n) is 4.64. The highest BCUT2D eigenvalue weighted by Gasteiger charge is 2.22. The Bertz CT molecular complexity index is 927. The molecule has 1 aromatic carbocycles. The number of carbonyl (C=O) groups excluding carboxylic acids is 1. The standard InChI is InChI=1S/C20H23N5O2S/c1-2-27-17-9-4-3-7-15(17)22-19(26)24-11-6-12-25(14-13-24)20-23-16-8-5-10-21-18(16)28-20/h3-5,7-10H,2,6,11-14H2,1H3,(H,22,26). The smallest absolute Gasteiger partial charge is 0.322 e. The second-order valence-electron chi connectivity index (χ2n) is 6.51. The van der Waals surface area contributed by atoms with Gasteiger partial charge in [-0.3, -0.25) is 0 Å². The highest BCUT2D eigenvalue weighted by molar-refractivity contribution is 7.21. The lowest BCUT2D eigenvalue weighted by Crippen LogP contribution is -2.38. The van der Waals surface area contributed by atoms with Crippen LogP contribution in [0.1, 0.15) is 13.3 Å². The first-order valence-corrected chi connectivity index (χ1v) is 10.3. The van der Waals surface area contributed by atoms with E-state index in [1.807, 2.05) is 48.2 Å². The van der Waals surface area contributed by atoms with E-state index in [0.717, 1.165) is 35.0 Å². The average molecular weight is 398 g/mol. The first-order valence-electron chi connectivity index (χ1n) is 9.49. The van der Waals surface area contributed by atoms with Gasteiger partial charge < -0.3 is 19.9 Å². The average Bonchev–Trinajstić information content (AvgIpc) is 2.98. The van der Waals surface area contributed by atoms with Crippen LogP contribution in [-0.2, 0) is 0 Å². The first-order chi connectivity index (χ1) is 13.7. The quantitative estimate of drug-likeness (QED) is 0.724. The first kappa shape index (κ1) is 18.5. The number of benzene rings is 1. The second kappa shape index (κ2) is 8.43. The Labute approximate surface area is 168 Å². The van der Waals surface area contributed by atoms with E-state index in [1.54, 1.807) is 17.5 Å². The predicted octanol–water partition coefficient (Wildman–Crippen LogP) is 3.83. The molecule has 0 saturated carbocycles. The molecule has 0 radical (unpaired) electrons. The molecule has 2 aromatic heterocycles. The van der Waals surface area contributed by atoms with E-state index in [9.17, 15) is 4.79 Å². The van der Waals surface area contributed by atoms with Gasteiger partial charge in [-0.2, -0.15) is 0 Å². The van der Waals surface area contributed by atoms with Crippen molar-refractivity contribution in [3.8, 4) is 5.75 Å². The van der Waals surface area contributed by atoms with Crippen LogP contribution in [0.5, 0.6) is 5.75 Å². The summed E-state index contributed by atoms with van der Waals surface area (Å²) in [6, 6.07) is 11.3. The van der Waals surface area contributed by atoms with E-state index in [2.05, 4.69) is 15.2 Å². The maximum atomic E-state index is 12.8. The molecule has 7 nitrogen and oxygen atoms in total. The number of thiazole rings is 1. The normalized spacial score (nSPS) is 14.8. The van der Waals surface area contributed by atoms with Crippen molar-refractivity contribution in [2.24, 2.45) is 0 Å². The molecule has 1 fully saturated rings. The number of hydrogen-bond donors (Lipinski definition) is 1. The maximum Gasteiger partial charge on any atom is 0.322 e. The van der Waals surface area contributed by atoms with Gasteiger partial charge in [0.2, 0.25) is 0 Å². The lowest BCUT2D eigenvalue weighted by Gasteiger charge is -2.22. The molecule has 146 valence electrons. The van der Waals surface area contributed by atoms with Gasteiger partial charge in [0.25, 0.3) is 0 Å². The van der Waals surface area contributed by atoms with Crippen molar-refractivity contribution in [2.75, 3.05) is 43.0 Å². The molecule has 3 heterocycles. The summed E-state index contributed by atoms with van der Waals surface area (Å²) in [5.41, 5.74) is 1.63. The Morgan fingerprint density at radius 3 is 2.93 bits per heavy atom. The summed E-state index contributed by atoms with van der Waals surface area (Å²) in [6.07, 6.45) is 2.68. The van der Waals surface area contributed by atoms with Gasteiger partial charge in [-0.15, -0.1) is 0 Å². The van der Waals surface area contributed by atoms with Crippen molar-refractivity contribution in [3.63, 3.8) is 0 Å². The lowest BCUT2D eigenvalue weighted by atomic mass is 10.3. The summed E-state index contributed by atoms with van der Waals surface area (Å²) in [6.45, 7) is 5.47. The number of rotatable bonds is 4. The van der Waals surface area contributed by atoms with Crippen molar-refractivity contribution >= 4 is 38.5 Å². The molecule has 2 amide bonds. The molecule has 1 aliphatic heterocycles. The van der Waals surface area contributed by atoms with Crippen LogP contribution < -0.4 is 15.0 Å². The molecule has 0 aliphatic carbocycles. The Morgan fingerprint density at radius 2 is 2.07 bits per heavy atom. The van der Waals surface area contributed by atoms with Crippen molar-refractivity contribution < 1.29 is 9.53 Å². The Morgan fingerprint density at radius 1 is 1.18 bits per heavy atom. The molecular weight excluding hydrogens is 374 g/mol. The van der Waals surface area contributed by atoms with Crippen molar-refractivity contribution in [1.29, 1.82) is 0 Å². The van der Waals surface area contributed by atoms with Gasteiger partial charge in [-0.25, -0.2) is 14.8 Å². The number of nitrogens with zero attached hydrogens (tertiary/aromatic N) is 4. The fraction of sp³-hybridized carbons (Fsp3) is 0.350. The van der Waals surface area contributed by atoms with Gasteiger partial charge in [0, 0.05) is 32.4 Å². The number of hydrogen-bond acceptors (Lipinski definition) is 6. The predicted molar refractivity (Wildman–Crippen MR) is 112 cm³/mol. The van der Waals surface area contributed by atoms with Crippen LogP contribution in [0.15, 0.2) is 42.6 Å². The van der Waals surface area contributed by atoms with E-state index >= 15 is 0 Å². The van der Waals surface area contributed by atoms with Crippen LogP contribution in [0, 0.1) is 0 Å². The van der Waals surface area contributed by atoms with Gasteiger partial charge >= 0.3 is 6.03 Å². The number of pyridine rings is 1. The fourth-order valence-electron chi connectivity index (χ4n) is 3.25. The molecule has 0 bridgehead atoms. The second-order valence-corrected chi connectivity index (χ2v) is 7.47. The van der Waals surface area contributed by atoms with Crippen LogP contribution in [0.4, 0.5) is 15.6 Å². The number of amides is 2. The van der Waals surface area contributed by atoms with Gasteiger partial charge in [0.05, 0.1) is 12.3 Å². The third-order valence-corrected chi connectivity index (χ3v) is 5.68. The van der Waals surface area contributed by atoms with E-state index in [4.69, 9.17) is 9.72 Å². The molecule has 0 spiro atoms. The van der Waals surface area contributed by atoms with E-state index in [1.165, 1.54) is 0 Å². The van der Waals surface area contributed by atoms with Crippen LogP contribution in [0.3, 0.4) is 0 Å². The Hall–Kier alpha value is -2.87. The highest BCUT2D eigenvalue weighted by Crippen LogP contribution is 2.28. The lowest BCUT2D eigenvalue weighted by molar-refractivity contribution is 0.215. The summed E-state index contributed by atoms with van der Waals surface area (Å²) < 4.78 is 5.60. The van der Waals surface area contributed by atoms with Crippen molar-refractivity contribution in [3.05, 3.63) is 42.6 Å². The number of aromatic nitrogens is 2. The molecule has 4 rings (SSSR count). The summed E-state index contributed by atoms with van der Waals surface area (Å²) >= 11 is 1.60. The minimum absolute atomic E-state index is 0.0973. The number of ether oxygens (including phenoxy) is 1. The van der Waals surface area contributed by atoms with E-state index in [0.29, 0.717) is 31.1 Å². The number of anilines is 2. The summed E-state index contributed by atoms with van der Waals surface area (Å²) in [7, 11) is 0. The van der Waals surface area contributed by atoms with Gasteiger partial charge in [0.15, 0.2) is 5.13 Å². The zero-order valence-electron chi connectivity index (χ0n) is 15.8. The van der Waals surface area contributed by atoms with Crippen LogP contribution in [-0.4, -0.2) is 53.7 Å². The van der Waals surface area contributed by atoms with Crippen LogP contribution in [0.2, 0.25) is 0 Å².